The number of rotatable bonds is 3. The van der Waals surface area contributed by atoms with Gasteiger partial charge in [0.2, 0.25) is 0 Å². The van der Waals surface area contributed by atoms with Crippen molar-refractivity contribution in [3.05, 3.63) is 11.8 Å². The standard InChI is InChI=1S/C7H10N2O4/c1-3-13-6(10)4-5(2)8-9-7(11)12/h4H,3H2,1-2H3,(H,11,12)/b5-4+,9-8?. The SMILES string of the molecule is CCOC(=O)/C=C(\C)N=NC(=O)O. The first kappa shape index (κ1) is 11.3. The number of allylic oxidation sites excluding steroid dienone is 1. The van der Waals surface area contributed by atoms with Crippen molar-refractivity contribution in [2.45, 2.75) is 13.8 Å². The molecule has 1 amide bonds. The predicted octanol–water partition coefficient (Wildman–Crippen LogP) is 1.58. The van der Waals surface area contributed by atoms with Crippen LogP contribution in [-0.4, -0.2) is 23.8 Å². The highest BCUT2D eigenvalue weighted by molar-refractivity contribution is 5.82. The Labute approximate surface area is 74.9 Å². The molecule has 0 rings (SSSR count). The van der Waals surface area contributed by atoms with Gasteiger partial charge in [-0.1, -0.05) is 5.11 Å². The lowest BCUT2D eigenvalue weighted by atomic mass is 10.4. The fraction of sp³-hybridized carbons (Fsp3) is 0.429. The summed E-state index contributed by atoms with van der Waals surface area (Å²) < 4.78 is 4.55. The van der Waals surface area contributed by atoms with Crippen molar-refractivity contribution in [1.29, 1.82) is 0 Å². The van der Waals surface area contributed by atoms with E-state index in [0.29, 0.717) is 0 Å². The third-order valence-corrected chi connectivity index (χ3v) is 0.907. The van der Waals surface area contributed by atoms with Crippen LogP contribution in [0.25, 0.3) is 0 Å². The molecule has 0 aromatic carbocycles. The monoisotopic (exact) mass is 186 g/mol. The van der Waals surface area contributed by atoms with Crippen molar-refractivity contribution in [2.24, 2.45) is 10.2 Å². The van der Waals surface area contributed by atoms with Crippen LogP contribution in [0.3, 0.4) is 0 Å². The van der Waals surface area contributed by atoms with Gasteiger partial charge in [0.25, 0.3) is 0 Å². The Morgan fingerprint density at radius 2 is 2.08 bits per heavy atom. The van der Waals surface area contributed by atoms with Crippen molar-refractivity contribution in [3.63, 3.8) is 0 Å². The molecule has 72 valence electrons. The second-order valence-corrected chi connectivity index (χ2v) is 2.02. The lowest BCUT2D eigenvalue weighted by Crippen LogP contribution is -1.99. The fourth-order valence-electron chi connectivity index (χ4n) is 0.505. The van der Waals surface area contributed by atoms with Gasteiger partial charge in [-0.25, -0.2) is 9.59 Å². The number of amides is 1. The van der Waals surface area contributed by atoms with E-state index < -0.39 is 12.1 Å². The number of carboxylic acid groups (broad SMARTS) is 1. The maximum Gasteiger partial charge on any atom is 0.449 e. The van der Waals surface area contributed by atoms with Gasteiger partial charge in [-0.3, -0.25) is 0 Å². The van der Waals surface area contributed by atoms with Crippen LogP contribution in [0.15, 0.2) is 22.0 Å². The van der Waals surface area contributed by atoms with Gasteiger partial charge in [-0.2, -0.15) is 0 Å². The predicted molar refractivity (Wildman–Crippen MR) is 43.3 cm³/mol. The zero-order valence-electron chi connectivity index (χ0n) is 7.35. The number of esters is 1. The minimum atomic E-state index is -1.41. The molecule has 6 heteroatoms. The molecule has 0 aliphatic heterocycles. The fourth-order valence-corrected chi connectivity index (χ4v) is 0.505. The summed E-state index contributed by atoms with van der Waals surface area (Å²) in [6, 6.07) is 0. The number of hydrogen-bond donors (Lipinski definition) is 1. The Bertz CT molecular complexity index is 257. The molecule has 0 aliphatic rings. The average molecular weight is 186 g/mol. The molecule has 0 atom stereocenters. The van der Waals surface area contributed by atoms with Crippen LogP contribution in [0.2, 0.25) is 0 Å². The molecule has 0 heterocycles. The Morgan fingerprint density at radius 1 is 1.46 bits per heavy atom. The molecule has 0 radical (unpaired) electrons. The van der Waals surface area contributed by atoms with Gasteiger partial charge in [-0.15, -0.1) is 5.11 Å². The third kappa shape index (κ3) is 6.67. The molecule has 13 heavy (non-hydrogen) atoms. The van der Waals surface area contributed by atoms with Gasteiger partial charge in [-0.05, 0) is 13.8 Å². The lowest BCUT2D eigenvalue weighted by Gasteiger charge is -1.94. The summed E-state index contributed by atoms with van der Waals surface area (Å²) in [4.78, 5) is 20.7. The molecule has 0 aliphatic carbocycles. The van der Waals surface area contributed by atoms with E-state index in [1.165, 1.54) is 6.92 Å². The summed E-state index contributed by atoms with van der Waals surface area (Å²) in [6.07, 6.45) is -0.341. The van der Waals surface area contributed by atoms with Gasteiger partial charge < -0.3 is 9.84 Å². The molecule has 6 nitrogen and oxygen atoms in total. The highest BCUT2D eigenvalue weighted by Gasteiger charge is 1.97. The molecule has 0 bridgehead atoms. The first-order valence-electron chi connectivity index (χ1n) is 3.56. The third-order valence-electron chi connectivity index (χ3n) is 0.907. The van der Waals surface area contributed by atoms with Crippen LogP contribution in [0, 0.1) is 0 Å². The number of ether oxygens (including phenoxy) is 1. The van der Waals surface area contributed by atoms with E-state index in [9.17, 15) is 9.59 Å². The van der Waals surface area contributed by atoms with Crippen molar-refractivity contribution < 1.29 is 19.4 Å². The lowest BCUT2D eigenvalue weighted by molar-refractivity contribution is -0.137. The first-order chi connectivity index (χ1) is 6.06. The summed E-state index contributed by atoms with van der Waals surface area (Å²) in [5.41, 5.74) is 0.181. The molecule has 0 fully saturated rings. The molecule has 0 unspecified atom stereocenters. The van der Waals surface area contributed by atoms with Gasteiger partial charge >= 0.3 is 12.1 Å². The Morgan fingerprint density at radius 3 is 2.54 bits per heavy atom. The Kier molecular flexibility index (Phi) is 5.09. The van der Waals surface area contributed by atoms with E-state index in [-0.39, 0.29) is 12.3 Å². The molecule has 0 aromatic heterocycles. The van der Waals surface area contributed by atoms with E-state index in [1.807, 2.05) is 0 Å². The van der Waals surface area contributed by atoms with Crippen LogP contribution in [0.4, 0.5) is 4.79 Å². The number of hydrogen-bond acceptors (Lipinski definition) is 4. The van der Waals surface area contributed by atoms with Crippen molar-refractivity contribution in [2.75, 3.05) is 6.61 Å². The van der Waals surface area contributed by atoms with Gasteiger partial charge in [0.05, 0.1) is 12.3 Å². The maximum atomic E-state index is 10.8. The second-order valence-electron chi connectivity index (χ2n) is 2.02. The second kappa shape index (κ2) is 5.87. The number of azo groups is 1. The molecule has 0 spiro atoms. The minimum absolute atomic E-state index is 0.181. The normalized spacial score (nSPS) is 11.7. The number of nitrogens with zero attached hydrogens (tertiary/aromatic N) is 2. The summed E-state index contributed by atoms with van der Waals surface area (Å²) in [7, 11) is 0. The van der Waals surface area contributed by atoms with Crippen LogP contribution >= 0.6 is 0 Å². The molecule has 0 saturated heterocycles. The zero-order valence-corrected chi connectivity index (χ0v) is 7.35. The molecular formula is C7H10N2O4. The quantitative estimate of drug-likeness (QED) is 0.411. The van der Waals surface area contributed by atoms with Crippen molar-refractivity contribution >= 4 is 12.1 Å². The van der Waals surface area contributed by atoms with E-state index in [4.69, 9.17) is 5.11 Å². The summed E-state index contributed by atoms with van der Waals surface area (Å²) in [5, 5.41) is 14.1. The number of carbonyl (C=O) groups excluding carboxylic acids is 1. The first-order valence-corrected chi connectivity index (χ1v) is 3.56. The van der Waals surface area contributed by atoms with Crippen LogP contribution in [-0.2, 0) is 9.53 Å². The van der Waals surface area contributed by atoms with Gasteiger partial charge in [0.1, 0.15) is 0 Å². The zero-order chi connectivity index (χ0) is 10.3. The highest BCUT2D eigenvalue weighted by Crippen LogP contribution is 1.96. The summed E-state index contributed by atoms with van der Waals surface area (Å²) in [6.45, 7) is 3.38. The van der Waals surface area contributed by atoms with E-state index in [2.05, 4.69) is 15.0 Å². The molecule has 0 aromatic rings. The van der Waals surface area contributed by atoms with E-state index in [0.717, 1.165) is 6.08 Å². The van der Waals surface area contributed by atoms with Gasteiger partial charge in [0, 0.05) is 6.08 Å². The van der Waals surface area contributed by atoms with Crippen molar-refractivity contribution in [1.82, 2.24) is 0 Å². The topological polar surface area (TPSA) is 88.3 Å². The minimum Gasteiger partial charge on any atom is -0.463 e. The highest BCUT2D eigenvalue weighted by atomic mass is 16.5. The van der Waals surface area contributed by atoms with Crippen LogP contribution < -0.4 is 0 Å². The van der Waals surface area contributed by atoms with Crippen molar-refractivity contribution in [3.8, 4) is 0 Å². The molecule has 0 saturated carbocycles. The number of carbonyl (C=O) groups is 2. The molecule has 1 N–H and O–H groups in total. The van der Waals surface area contributed by atoms with Gasteiger partial charge in [0.15, 0.2) is 0 Å². The maximum absolute atomic E-state index is 10.8. The Hall–Kier alpha value is -1.72. The van der Waals surface area contributed by atoms with E-state index in [1.54, 1.807) is 6.92 Å². The summed E-state index contributed by atoms with van der Waals surface area (Å²) in [5.74, 6) is -0.565. The smallest absolute Gasteiger partial charge is 0.449 e. The largest absolute Gasteiger partial charge is 0.463 e. The molecular weight excluding hydrogens is 176 g/mol. The van der Waals surface area contributed by atoms with Crippen LogP contribution in [0.1, 0.15) is 13.8 Å². The van der Waals surface area contributed by atoms with Crippen LogP contribution in [0.5, 0.6) is 0 Å². The summed E-state index contributed by atoms with van der Waals surface area (Å²) >= 11 is 0. The Balaban J connectivity index is 4.16. The van der Waals surface area contributed by atoms with E-state index >= 15 is 0 Å². The average Bonchev–Trinajstić information content (AvgIpc) is 2.01.